The monoisotopic (exact) mass is 288 g/mol. The Hall–Kier alpha value is -1.84. The molecular weight excluding hydrogens is 264 g/mol. The Kier molecular flexibility index (Phi) is 5.37. The van der Waals surface area contributed by atoms with Crippen LogP contribution in [0, 0.1) is 0 Å². The SMILES string of the molecule is CCC(CC)c1nc2ccccc2n1CCCCC(=O)O. The van der Waals surface area contributed by atoms with Gasteiger partial charge in [-0.3, -0.25) is 4.79 Å². The van der Waals surface area contributed by atoms with Crippen LogP contribution in [0.15, 0.2) is 24.3 Å². The molecule has 4 nitrogen and oxygen atoms in total. The predicted molar refractivity (Wildman–Crippen MR) is 84.5 cm³/mol. The van der Waals surface area contributed by atoms with Crippen molar-refractivity contribution in [2.45, 2.75) is 58.4 Å². The Balaban J connectivity index is 2.25. The van der Waals surface area contributed by atoms with Crippen LogP contribution < -0.4 is 0 Å². The Morgan fingerprint density at radius 1 is 1.24 bits per heavy atom. The molecule has 0 saturated carbocycles. The molecule has 114 valence electrons. The number of nitrogens with zero attached hydrogens (tertiary/aromatic N) is 2. The van der Waals surface area contributed by atoms with Gasteiger partial charge in [0, 0.05) is 18.9 Å². The first-order valence-electron chi connectivity index (χ1n) is 7.84. The number of rotatable bonds is 8. The smallest absolute Gasteiger partial charge is 0.303 e. The molecular formula is C17H24N2O2. The largest absolute Gasteiger partial charge is 0.481 e. The number of aromatic nitrogens is 2. The van der Waals surface area contributed by atoms with Crippen LogP contribution in [-0.2, 0) is 11.3 Å². The van der Waals surface area contributed by atoms with Crippen molar-refractivity contribution in [3.63, 3.8) is 0 Å². The summed E-state index contributed by atoms with van der Waals surface area (Å²) in [6, 6.07) is 8.20. The molecule has 0 spiro atoms. The molecule has 0 bridgehead atoms. The molecule has 0 atom stereocenters. The first kappa shape index (κ1) is 15.5. The fourth-order valence-corrected chi connectivity index (χ4v) is 2.84. The summed E-state index contributed by atoms with van der Waals surface area (Å²) in [5, 5.41) is 8.74. The fraction of sp³-hybridized carbons (Fsp3) is 0.529. The van der Waals surface area contributed by atoms with E-state index in [9.17, 15) is 4.79 Å². The van der Waals surface area contributed by atoms with Gasteiger partial charge in [0.1, 0.15) is 5.82 Å². The standard InChI is InChI=1S/C17H24N2O2/c1-3-13(4-2)17-18-14-9-5-6-10-15(14)19(17)12-8-7-11-16(20)21/h5-6,9-10,13H,3-4,7-8,11-12H2,1-2H3,(H,20,21). The number of carboxylic acid groups (broad SMARTS) is 1. The molecule has 2 rings (SSSR count). The molecule has 0 aliphatic heterocycles. The van der Waals surface area contributed by atoms with Crippen molar-refractivity contribution in [2.75, 3.05) is 0 Å². The van der Waals surface area contributed by atoms with Crippen LogP contribution in [-0.4, -0.2) is 20.6 Å². The summed E-state index contributed by atoms with van der Waals surface area (Å²) in [6.07, 6.45) is 3.99. The summed E-state index contributed by atoms with van der Waals surface area (Å²) in [6.45, 7) is 5.24. The van der Waals surface area contributed by atoms with Gasteiger partial charge in [0.05, 0.1) is 11.0 Å². The van der Waals surface area contributed by atoms with E-state index in [4.69, 9.17) is 10.1 Å². The zero-order chi connectivity index (χ0) is 15.2. The van der Waals surface area contributed by atoms with Crippen molar-refractivity contribution >= 4 is 17.0 Å². The lowest BCUT2D eigenvalue weighted by atomic mass is 10.0. The number of hydrogen-bond donors (Lipinski definition) is 1. The maximum Gasteiger partial charge on any atom is 0.303 e. The second-order valence-electron chi connectivity index (χ2n) is 5.47. The molecule has 0 fully saturated rings. The van der Waals surface area contributed by atoms with Gasteiger partial charge in [0.25, 0.3) is 0 Å². The number of hydrogen-bond acceptors (Lipinski definition) is 2. The van der Waals surface area contributed by atoms with Crippen molar-refractivity contribution in [3.8, 4) is 0 Å². The second kappa shape index (κ2) is 7.25. The van der Waals surface area contributed by atoms with Gasteiger partial charge in [-0.2, -0.15) is 0 Å². The van der Waals surface area contributed by atoms with E-state index in [1.165, 1.54) is 0 Å². The summed E-state index contributed by atoms with van der Waals surface area (Å²) in [5.74, 6) is 0.902. The first-order chi connectivity index (χ1) is 10.2. The van der Waals surface area contributed by atoms with Crippen molar-refractivity contribution in [2.24, 2.45) is 0 Å². The van der Waals surface area contributed by atoms with Gasteiger partial charge in [0.15, 0.2) is 0 Å². The number of imidazole rings is 1. The van der Waals surface area contributed by atoms with Gasteiger partial charge in [-0.25, -0.2) is 4.98 Å². The molecule has 1 aromatic heterocycles. The maximum atomic E-state index is 10.6. The maximum absolute atomic E-state index is 10.6. The summed E-state index contributed by atoms with van der Waals surface area (Å²) in [7, 11) is 0. The minimum absolute atomic E-state index is 0.243. The molecule has 0 amide bonds. The molecule has 1 heterocycles. The second-order valence-corrected chi connectivity index (χ2v) is 5.47. The number of carboxylic acids is 1. The van der Waals surface area contributed by atoms with Crippen LogP contribution in [0.4, 0.5) is 0 Å². The summed E-state index contributed by atoms with van der Waals surface area (Å²) >= 11 is 0. The van der Waals surface area contributed by atoms with Crippen LogP contribution >= 0.6 is 0 Å². The number of unbranched alkanes of at least 4 members (excludes halogenated alkanes) is 1. The number of fused-ring (bicyclic) bond motifs is 1. The van der Waals surface area contributed by atoms with Gasteiger partial charge in [-0.1, -0.05) is 26.0 Å². The highest BCUT2D eigenvalue weighted by Crippen LogP contribution is 2.27. The Labute approximate surface area is 125 Å². The third kappa shape index (κ3) is 3.63. The van der Waals surface area contributed by atoms with Crippen LogP contribution in [0.5, 0.6) is 0 Å². The van der Waals surface area contributed by atoms with Crippen LogP contribution in [0.2, 0.25) is 0 Å². The zero-order valence-corrected chi connectivity index (χ0v) is 12.9. The fourth-order valence-electron chi connectivity index (χ4n) is 2.84. The highest BCUT2D eigenvalue weighted by molar-refractivity contribution is 5.76. The Morgan fingerprint density at radius 3 is 2.62 bits per heavy atom. The van der Waals surface area contributed by atoms with Gasteiger partial charge in [-0.15, -0.1) is 0 Å². The van der Waals surface area contributed by atoms with Crippen molar-refractivity contribution in [1.29, 1.82) is 0 Å². The number of carbonyl (C=O) groups is 1. The van der Waals surface area contributed by atoms with E-state index in [2.05, 4.69) is 30.5 Å². The lowest BCUT2D eigenvalue weighted by Gasteiger charge is -2.15. The third-order valence-electron chi connectivity index (χ3n) is 4.06. The number of aliphatic carboxylic acids is 1. The molecule has 1 aromatic carbocycles. The molecule has 2 aromatic rings. The van der Waals surface area contributed by atoms with E-state index >= 15 is 0 Å². The molecule has 0 radical (unpaired) electrons. The van der Waals surface area contributed by atoms with E-state index < -0.39 is 5.97 Å². The lowest BCUT2D eigenvalue weighted by molar-refractivity contribution is -0.137. The van der Waals surface area contributed by atoms with Crippen LogP contribution in [0.25, 0.3) is 11.0 Å². The molecule has 4 heteroatoms. The minimum Gasteiger partial charge on any atom is -0.481 e. The van der Waals surface area contributed by atoms with Crippen molar-refractivity contribution < 1.29 is 9.90 Å². The molecule has 21 heavy (non-hydrogen) atoms. The Morgan fingerprint density at radius 2 is 1.95 bits per heavy atom. The van der Waals surface area contributed by atoms with Crippen molar-refractivity contribution in [1.82, 2.24) is 9.55 Å². The van der Waals surface area contributed by atoms with E-state index in [1.807, 2.05) is 12.1 Å². The third-order valence-corrected chi connectivity index (χ3v) is 4.06. The summed E-state index contributed by atoms with van der Waals surface area (Å²) < 4.78 is 2.29. The van der Waals surface area contributed by atoms with Gasteiger partial charge < -0.3 is 9.67 Å². The highest BCUT2D eigenvalue weighted by atomic mass is 16.4. The molecule has 0 aliphatic carbocycles. The number of para-hydroxylation sites is 2. The summed E-state index contributed by atoms with van der Waals surface area (Å²) in [4.78, 5) is 15.4. The quantitative estimate of drug-likeness (QED) is 0.741. The predicted octanol–water partition coefficient (Wildman–Crippen LogP) is 4.19. The van der Waals surface area contributed by atoms with E-state index in [0.717, 1.165) is 42.7 Å². The highest BCUT2D eigenvalue weighted by Gasteiger charge is 2.17. The lowest BCUT2D eigenvalue weighted by Crippen LogP contribution is -2.09. The zero-order valence-electron chi connectivity index (χ0n) is 12.9. The van der Waals surface area contributed by atoms with Gasteiger partial charge >= 0.3 is 5.97 Å². The molecule has 1 N–H and O–H groups in total. The van der Waals surface area contributed by atoms with Crippen LogP contribution in [0.3, 0.4) is 0 Å². The van der Waals surface area contributed by atoms with E-state index in [0.29, 0.717) is 12.3 Å². The minimum atomic E-state index is -0.717. The van der Waals surface area contributed by atoms with Gasteiger partial charge in [0.2, 0.25) is 0 Å². The number of aryl methyl sites for hydroxylation is 1. The first-order valence-corrected chi connectivity index (χ1v) is 7.84. The number of benzene rings is 1. The van der Waals surface area contributed by atoms with Crippen molar-refractivity contribution in [3.05, 3.63) is 30.1 Å². The molecule has 0 unspecified atom stereocenters. The summed E-state index contributed by atoms with van der Waals surface area (Å²) in [5.41, 5.74) is 2.20. The van der Waals surface area contributed by atoms with E-state index in [-0.39, 0.29) is 6.42 Å². The average Bonchev–Trinajstić information content (AvgIpc) is 2.83. The van der Waals surface area contributed by atoms with Crippen LogP contribution in [0.1, 0.15) is 57.7 Å². The van der Waals surface area contributed by atoms with E-state index in [1.54, 1.807) is 0 Å². The normalized spacial score (nSPS) is 11.4. The molecule has 0 aliphatic rings. The molecule has 0 saturated heterocycles. The Bertz CT molecular complexity index is 600. The average molecular weight is 288 g/mol. The topological polar surface area (TPSA) is 55.1 Å². The van der Waals surface area contributed by atoms with Gasteiger partial charge in [-0.05, 0) is 37.8 Å².